The first-order chi connectivity index (χ1) is 10.7. The van der Waals surface area contributed by atoms with Crippen LogP contribution in [0.5, 0.6) is 0 Å². The summed E-state index contributed by atoms with van der Waals surface area (Å²) in [5.41, 5.74) is 1.13. The number of amides is 1. The Morgan fingerprint density at radius 1 is 1.41 bits per heavy atom. The number of nitrogens with one attached hydrogen (secondary N) is 2. The Hall–Kier alpha value is -2.63. The highest BCUT2D eigenvalue weighted by Gasteiger charge is 2.31. The lowest BCUT2D eigenvalue weighted by atomic mass is 10.1. The summed E-state index contributed by atoms with van der Waals surface area (Å²) < 4.78 is 0. The van der Waals surface area contributed by atoms with Crippen LogP contribution in [0.25, 0.3) is 0 Å². The summed E-state index contributed by atoms with van der Waals surface area (Å²) in [4.78, 5) is 32.7. The van der Waals surface area contributed by atoms with E-state index in [9.17, 15) is 9.59 Å². The predicted octanol–water partition coefficient (Wildman–Crippen LogP) is 1.79. The zero-order valence-corrected chi connectivity index (χ0v) is 12.4. The largest absolute Gasteiger partial charge is 0.373 e. The van der Waals surface area contributed by atoms with Crippen LogP contribution in [0.3, 0.4) is 0 Å². The molecule has 0 saturated carbocycles. The van der Waals surface area contributed by atoms with E-state index in [0.29, 0.717) is 12.2 Å². The summed E-state index contributed by atoms with van der Waals surface area (Å²) in [5, 5.41) is 3.01. The Morgan fingerprint density at radius 3 is 3.05 bits per heavy atom. The third-order valence-corrected chi connectivity index (χ3v) is 3.94. The van der Waals surface area contributed by atoms with Gasteiger partial charge in [-0.25, -0.2) is 4.98 Å². The molecule has 22 heavy (non-hydrogen) atoms. The van der Waals surface area contributed by atoms with Crippen LogP contribution in [-0.4, -0.2) is 34.4 Å². The molecule has 0 radical (unpaired) electrons. The summed E-state index contributed by atoms with van der Waals surface area (Å²) in [6.07, 6.45) is 3.60. The van der Waals surface area contributed by atoms with E-state index in [1.54, 1.807) is 18.3 Å². The highest BCUT2D eigenvalue weighted by Crippen LogP contribution is 2.33. The Bertz CT molecular complexity index is 741. The third-order valence-electron chi connectivity index (χ3n) is 3.94. The van der Waals surface area contributed by atoms with Crippen molar-refractivity contribution in [3.63, 3.8) is 0 Å². The van der Waals surface area contributed by atoms with Gasteiger partial charge < -0.3 is 15.2 Å². The molecule has 1 fully saturated rings. The molecule has 0 aromatic carbocycles. The molecule has 114 valence electrons. The van der Waals surface area contributed by atoms with Crippen molar-refractivity contribution in [2.24, 2.45) is 0 Å². The smallest absolute Gasteiger partial charge is 0.270 e. The van der Waals surface area contributed by atoms with Crippen LogP contribution in [-0.2, 0) is 0 Å². The molecule has 0 bridgehead atoms. The predicted molar refractivity (Wildman–Crippen MR) is 83.9 cm³/mol. The maximum absolute atomic E-state index is 12.7. The fourth-order valence-corrected chi connectivity index (χ4v) is 2.87. The van der Waals surface area contributed by atoms with E-state index >= 15 is 0 Å². The average Bonchev–Trinajstić information content (AvgIpc) is 3.04. The van der Waals surface area contributed by atoms with Crippen LogP contribution in [0.15, 0.2) is 41.3 Å². The summed E-state index contributed by atoms with van der Waals surface area (Å²) in [7, 11) is 1.82. The summed E-state index contributed by atoms with van der Waals surface area (Å²) in [5.74, 6) is 0.646. The Kier molecular flexibility index (Phi) is 3.91. The number of aromatic nitrogens is 2. The van der Waals surface area contributed by atoms with Gasteiger partial charge >= 0.3 is 0 Å². The van der Waals surface area contributed by atoms with E-state index in [4.69, 9.17) is 0 Å². The zero-order valence-electron chi connectivity index (χ0n) is 12.4. The van der Waals surface area contributed by atoms with Gasteiger partial charge in [-0.1, -0.05) is 6.07 Å². The molecule has 1 aliphatic heterocycles. The first-order valence-corrected chi connectivity index (χ1v) is 7.33. The molecular weight excluding hydrogens is 280 g/mol. The number of anilines is 1. The van der Waals surface area contributed by atoms with Gasteiger partial charge in [-0.05, 0) is 36.6 Å². The molecular formula is C16H18N4O2. The van der Waals surface area contributed by atoms with Gasteiger partial charge in [0.2, 0.25) is 5.56 Å². The highest BCUT2D eigenvalue weighted by molar-refractivity contribution is 5.92. The maximum Gasteiger partial charge on any atom is 0.270 e. The van der Waals surface area contributed by atoms with Crippen molar-refractivity contribution in [1.29, 1.82) is 0 Å². The SMILES string of the molecule is CNc1cc([C@H]2CCCN2C(=O)c2cccc(=O)[nH]2)ccn1. The monoisotopic (exact) mass is 298 g/mol. The molecule has 6 nitrogen and oxygen atoms in total. The van der Waals surface area contributed by atoms with Crippen molar-refractivity contribution in [2.75, 3.05) is 18.9 Å². The summed E-state index contributed by atoms with van der Waals surface area (Å²) in [6.45, 7) is 0.692. The standard InChI is InChI=1S/C16H18N4O2/c1-17-14-10-11(7-8-18-14)13-5-3-9-20(13)16(22)12-4-2-6-15(21)19-12/h2,4,6-8,10,13H,3,5,9H2,1H3,(H,17,18)(H,19,21)/t13-/m1/s1. The van der Waals surface area contributed by atoms with E-state index in [0.717, 1.165) is 24.2 Å². The first kappa shape index (κ1) is 14.3. The van der Waals surface area contributed by atoms with Gasteiger partial charge in [0.25, 0.3) is 5.91 Å². The molecule has 0 spiro atoms. The minimum Gasteiger partial charge on any atom is -0.373 e. The number of aromatic amines is 1. The second-order valence-corrected chi connectivity index (χ2v) is 5.31. The van der Waals surface area contributed by atoms with Crippen LogP contribution in [0, 0.1) is 0 Å². The van der Waals surface area contributed by atoms with Gasteiger partial charge in [0.05, 0.1) is 6.04 Å². The van der Waals surface area contributed by atoms with Crippen molar-refractivity contribution in [3.8, 4) is 0 Å². The number of hydrogen-bond donors (Lipinski definition) is 2. The van der Waals surface area contributed by atoms with Gasteiger partial charge in [0, 0.05) is 25.9 Å². The number of H-pyrrole nitrogens is 1. The molecule has 1 amide bonds. The number of carbonyl (C=O) groups excluding carboxylic acids is 1. The molecule has 3 rings (SSSR count). The van der Waals surface area contributed by atoms with E-state index < -0.39 is 0 Å². The van der Waals surface area contributed by atoms with Crippen LogP contribution in [0.2, 0.25) is 0 Å². The van der Waals surface area contributed by atoms with Crippen molar-refractivity contribution in [3.05, 3.63) is 58.1 Å². The molecule has 6 heteroatoms. The number of pyridine rings is 2. The Balaban J connectivity index is 1.89. The second kappa shape index (κ2) is 6.01. The van der Waals surface area contributed by atoms with E-state index in [1.807, 2.05) is 24.1 Å². The molecule has 0 unspecified atom stereocenters. The maximum atomic E-state index is 12.7. The number of hydrogen-bond acceptors (Lipinski definition) is 4. The van der Waals surface area contributed by atoms with Crippen molar-refractivity contribution in [2.45, 2.75) is 18.9 Å². The molecule has 1 atom stereocenters. The van der Waals surface area contributed by atoms with Gasteiger partial charge in [0.15, 0.2) is 0 Å². The molecule has 3 heterocycles. The number of likely N-dealkylation sites (tertiary alicyclic amines) is 1. The topological polar surface area (TPSA) is 78.1 Å². The van der Waals surface area contributed by atoms with E-state index in [-0.39, 0.29) is 17.5 Å². The lowest BCUT2D eigenvalue weighted by molar-refractivity contribution is 0.0729. The molecule has 1 saturated heterocycles. The second-order valence-electron chi connectivity index (χ2n) is 5.31. The van der Waals surface area contributed by atoms with Crippen molar-refractivity contribution in [1.82, 2.24) is 14.9 Å². The van der Waals surface area contributed by atoms with Gasteiger partial charge in [0.1, 0.15) is 11.5 Å². The van der Waals surface area contributed by atoms with Crippen molar-refractivity contribution < 1.29 is 4.79 Å². The Labute approximate surface area is 128 Å². The van der Waals surface area contributed by atoms with Gasteiger partial charge in [-0.2, -0.15) is 0 Å². The van der Waals surface area contributed by atoms with Gasteiger partial charge in [-0.15, -0.1) is 0 Å². The lowest BCUT2D eigenvalue weighted by Crippen LogP contribution is -2.32. The third kappa shape index (κ3) is 2.72. The summed E-state index contributed by atoms with van der Waals surface area (Å²) in [6, 6.07) is 8.56. The van der Waals surface area contributed by atoms with Crippen LogP contribution in [0.1, 0.15) is 34.9 Å². The molecule has 1 aliphatic rings. The lowest BCUT2D eigenvalue weighted by Gasteiger charge is -2.25. The first-order valence-electron chi connectivity index (χ1n) is 7.33. The fourth-order valence-electron chi connectivity index (χ4n) is 2.87. The minimum atomic E-state index is -0.261. The number of nitrogens with zero attached hydrogens (tertiary/aromatic N) is 2. The number of rotatable bonds is 3. The summed E-state index contributed by atoms with van der Waals surface area (Å²) >= 11 is 0. The average molecular weight is 298 g/mol. The molecule has 2 aromatic heterocycles. The molecule has 2 N–H and O–H groups in total. The number of carbonyl (C=O) groups is 1. The Morgan fingerprint density at radius 2 is 2.27 bits per heavy atom. The minimum absolute atomic E-state index is 0.0197. The van der Waals surface area contributed by atoms with Crippen molar-refractivity contribution >= 4 is 11.7 Å². The van der Waals surface area contributed by atoms with E-state index in [1.165, 1.54) is 6.07 Å². The quantitative estimate of drug-likeness (QED) is 0.905. The van der Waals surface area contributed by atoms with E-state index in [2.05, 4.69) is 15.3 Å². The normalized spacial score (nSPS) is 17.5. The zero-order chi connectivity index (χ0) is 15.5. The fraction of sp³-hybridized carbons (Fsp3) is 0.312. The van der Waals surface area contributed by atoms with Gasteiger partial charge in [-0.3, -0.25) is 9.59 Å². The van der Waals surface area contributed by atoms with Crippen LogP contribution < -0.4 is 10.9 Å². The molecule has 2 aromatic rings. The van der Waals surface area contributed by atoms with Crippen LogP contribution in [0.4, 0.5) is 5.82 Å². The highest BCUT2D eigenvalue weighted by atomic mass is 16.2. The van der Waals surface area contributed by atoms with Crippen LogP contribution >= 0.6 is 0 Å². The molecule has 0 aliphatic carbocycles.